The molecule has 0 saturated carbocycles. The lowest BCUT2D eigenvalue weighted by atomic mass is 10.1. The number of alkyl halides is 1. The van der Waals surface area contributed by atoms with Gasteiger partial charge in [-0.05, 0) is 24.3 Å². The Morgan fingerprint density at radius 3 is 2.36 bits per heavy atom. The molecule has 0 radical (unpaired) electrons. The quantitative estimate of drug-likeness (QED) is 0.574. The van der Waals surface area contributed by atoms with Crippen molar-refractivity contribution in [1.29, 1.82) is 0 Å². The van der Waals surface area contributed by atoms with Gasteiger partial charge in [-0.2, -0.15) is 0 Å². The lowest BCUT2D eigenvalue weighted by Gasteiger charge is -2.11. The van der Waals surface area contributed by atoms with Crippen molar-refractivity contribution in [3.05, 3.63) is 52.7 Å². The standard InChI is InChI=1S/C19H17BrO5/c1-22-13-5-3-12(4-6-13)16-11-15(21)19-17(24-8-7-20)9-14(23-2)10-18(19)25-16/h3-6,9-11H,7-8H2,1-2H3. The summed E-state index contributed by atoms with van der Waals surface area (Å²) in [6, 6.07) is 12.2. The van der Waals surface area contributed by atoms with Crippen LogP contribution < -0.4 is 19.6 Å². The second-order valence-corrected chi connectivity index (χ2v) is 6.03. The number of ether oxygens (including phenoxy) is 3. The summed E-state index contributed by atoms with van der Waals surface area (Å²) in [5, 5.41) is 1.06. The molecule has 0 atom stereocenters. The fourth-order valence-corrected chi connectivity index (χ4v) is 2.67. The Morgan fingerprint density at radius 1 is 1.00 bits per heavy atom. The van der Waals surface area contributed by atoms with Gasteiger partial charge >= 0.3 is 0 Å². The largest absolute Gasteiger partial charge is 0.497 e. The van der Waals surface area contributed by atoms with Crippen molar-refractivity contribution in [2.75, 3.05) is 26.2 Å². The zero-order chi connectivity index (χ0) is 17.8. The van der Waals surface area contributed by atoms with Crippen molar-refractivity contribution < 1.29 is 18.6 Å². The van der Waals surface area contributed by atoms with Gasteiger partial charge < -0.3 is 18.6 Å². The molecule has 130 valence electrons. The number of halogens is 1. The van der Waals surface area contributed by atoms with Crippen molar-refractivity contribution >= 4 is 26.9 Å². The average Bonchev–Trinajstić information content (AvgIpc) is 2.65. The van der Waals surface area contributed by atoms with E-state index in [-0.39, 0.29) is 5.43 Å². The van der Waals surface area contributed by atoms with Crippen LogP contribution in [0.2, 0.25) is 0 Å². The summed E-state index contributed by atoms with van der Waals surface area (Å²) in [6.45, 7) is 0.432. The third kappa shape index (κ3) is 3.64. The topological polar surface area (TPSA) is 57.9 Å². The van der Waals surface area contributed by atoms with Gasteiger partial charge in [-0.15, -0.1) is 0 Å². The molecular formula is C19H17BrO5. The van der Waals surface area contributed by atoms with Gasteiger partial charge in [0, 0.05) is 29.1 Å². The minimum Gasteiger partial charge on any atom is -0.497 e. The first kappa shape index (κ1) is 17.4. The van der Waals surface area contributed by atoms with Crippen LogP contribution in [-0.4, -0.2) is 26.2 Å². The molecule has 3 rings (SSSR count). The maximum atomic E-state index is 12.7. The zero-order valence-corrected chi connectivity index (χ0v) is 15.5. The van der Waals surface area contributed by atoms with Gasteiger partial charge in [0.2, 0.25) is 0 Å². The van der Waals surface area contributed by atoms with E-state index < -0.39 is 0 Å². The Bertz CT molecular complexity index is 931. The van der Waals surface area contributed by atoms with Crippen LogP contribution in [0.25, 0.3) is 22.3 Å². The van der Waals surface area contributed by atoms with Crippen molar-refractivity contribution in [2.24, 2.45) is 0 Å². The molecule has 25 heavy (non-hydrogen) atoms. The van der Waals surface area contributed by atoms with Gasteiger partial charge in [0.1, 0.15) is 34.0 Å². The van der Waals surface area contributed by atoms with Crippen LogP contribution in [0.4, 0.5) is 0 Å². The number of benzene rings is 2. The highest BCUT2D eigenvalue weighted by molar-refractivity contribution is 9.09. The molecular weight excluding hydrogens is 388 g/mol. The highest BCUT2D eigenvalue weighted by Crippen LogP contribution is 2.32. The number of fused-ring (bicyclic) bond motifs is 1. The predicted molar refractivity (Wildman–Crippen MR) is 100 cm³/mol. The highest BCUT2D eigenvalue weighted by atomic mass is 79.9. The summed E-state index contributed by atoms with van der Waals surface area (Å²) < 4.78 is 22.1. The van der Waals surface area contributed by atoms with Gasteiger partial charge in [-0.3, -0.25) is 4.79 Å². The number of hydrogen-bond acceptors (Lipinski definition) is 5. The van der Waals surface area contributed by atoms with Crippen molar-refractivity contribution in [3.63, 3.8) is 0 Å². The molecule has 5 nitrogen and oxygen atoms in total. The SMILES string of the molecule is COc1ccc(-c2cc(=O)c3c(OCCBr)cc(OC)cc3o2)cc1. The molecule has 0 unspecified atom stereocenters. The molecule has 6 heteroatoms. The molecule has 1 aromatic heterocycles. The second-order valence-electron chi connectivity index (χ2n) is 5.24. The summed E-state index contributed by atoms with van der Waals surface area (Å²) in [5.74, 6) is 2.22. The normalized spacial score (nSPS) is 10.7. The Kier molecular flexibility index (Phi) is 5.28. The molecule has 0 spiro atoms. The van der Waals surface area contributed by atoms with Crippen molar-refractivity contribution in [3.8, 4) is 28.6 Å². The van der Waals surface area contributed by atoms with Crippen molar-refractivity contribution in [1.82, 2.24) is 0 Å². The summed E-state index contributed by atoms with van der Waals surface area (Å²) in [6.07, 6.45) is 0. The van der Waals surface area contributed by atoms with Crippen LogP contribution in [0.3, 0.4) is 0 Å². The van der Waals surface area contributed by atoms with Crippen molar-refractivity contribution in [2.45, 2.75) is 0 Å². The Hall–Kier alpha value is -2.47. The molecule has 0 aliphatic rings. The fraction of sp³-hybridized carbons (Fsp3) is 0.211. The van der Waals surface area contributed by atoms with E-state index in [0.717, 1.165) is 11.3 Å². The van der Waals surface area contributed by atoms with Gasteiger partial charge in [0.05, 0.1) is 20.8 Å². The molecule has 0 N–H and O–H groups in total. The van der Waals surface area contributed by atoms with E-state index in [2.05, 4.69) is 15.9 Å². The smallest absolute Gasteiger partial charge is 0.197 e. The summed E-state index contributed by atoms with van der Waals surface area (Å²) in [7, 11) is 3.16. The van der Waals surface area contributed by atoms with Crippen LogP contribution in [0.1, 0.15) is 0 Å². The number of methoxy groups -OCH3 is 2. The number of hydrogen-bond donors (Lipinski definition) is 0. The lowest BCUT2D eigenvalue weighted by molar-refractivity contribution is 0.344. The Morgan fingerprint density at radius 2 is 1.72 bits per heavy atom. The molecule has 2 aromatic carbocycles. The van der Waals surface area contributed by atoms with E-state index in [9.17, 15) is 4.79 Å². The van der Waals surface area contributed by atoms with E-state index in [1.54, 1.807) is 26.4 Å². The lowest BCUT2D eigenvalue weighted by Crippen LogP contribution is -2.06. The van der Waals surface area contributed by atoms with Gasteiger partial charge in [-0.25, -0.2) is 0 Å². The van der Waals surface area contributed by atoms with Crippen LogP contribution in [-0.2, 0) is 0 Å². The molecule has 1 heterocycles. The van der Waals surface area contributed by atoms with Gasteiger partial charge in [0.15, 0.2) is 5.43 Å². The van der Waals surface area contributed by atoms with Crippen LogP contribution in [0.15, 0.2) is 51.7 Å². The zero-order valence-electron chi connectivity index (χ0n) is 13.9. The van der Waals surface area contributed by atoms with E-state index in [0.29, 0.717) is 40.2 Å². The predicted octanol–water partition coefficient (Wildman–Crippen LogP) is 4.25. The van der Waals surface area contributed by atoms with E-state index in [1.165, 1.54) is 6.07 Å². The minimum absolute atomic E-state index is 0.167. The van der Waals surface area contributed by atoms with Crippen LogP contribution in [0.5, 0.6) is 17.2 Å². The minimum atomic E-state index is -0.167. The second kappa shape index (κ2) is 7.61. The van der Waals surface area contributed by atoms with E-state index in [4.69, 9.17) is 18.6 Å². The average molecular weight is 405 g/mol. The monoisotopic (exact) mass is 404 g/mol. The van der Waals surface area contributed by atoms with Crippen LogP contribution >= 0.6 is 15.9 Å². The molecule has 0 bridgehead atoms. The molecule has 0 fully saturated rings. The maximum absolute atomic E-state index is 12.7. The molecule has 0 amide bonds. The number of rotatable bonds is 6. The van der Waals surface area contributed by atoms with E-state index >= 15 is 0 Å². The van der Waals surface area contributed by atoms with Gasteiger partial charge in [0.25, 0.3) is 0 Å². The molecule has 0 saturated heterocycles. The highest BCUT2D eigenvalue weighted by Gasteiger charge is 2.14. The fourth-order valence-electron chi connectivity index (χ4n) is 2.51. The summed E-state index contributed by atoms with van der Waals surface area (Å²) >= 11 is 3.31. The molecule has 3 aromatic rings. The summed E-state index contributed by atoms with van der Waals surface area (Å²) in [5.41, 5.74) is 1.03. The third-order valence-electron chi connectivity index (χ3n) is 3.71. The molecule has 0 aliphatic heterocycles. The summed E-state index contributed by atoms with van der Waals surface area (Å²) in [4.78, 5) is 12.7. The first-order valence-electron chi connectivity index (χ1n) is 7.65. The Balaban J connectivity index is 2.15. The molecule has 0 aliphatic carbocycles. The van der Waals surface area contributed by atoms with E-state index in [1.807, 2.05) is 24.3 Å². The third-order valence-corrected chi connectivity index (χ3v) is 4.04. The first-order chi connectivity index (χ1) is 12.2. The maximum Gasteiger partial charge on any atom is 0.197 e. The first-order valence-corrected chi connectivity index (χ1v) is 8.77. The van der Waals surface area contributed by atoms with Crippen LogP contribution in [0, 0.1) is 0 Å². The Labute approximate surface area is 153 Å². The van der Waals surface area contributed by atoms with Gasteiger partial charge in [-0.1, -0.05) is 15.9 Å².